The Bertz CT molecular complexity index is 38.8. The van der Waals surface area contributed by atoms with Crippen LogP contribution in [0, 0.1) is 0 Å². The summed E-state index contributed by atoms with van der Waals surface area (Å²) in [5.74, 6) is 0. The molecule has 0 aliphatic heterocycles. The largest absolute Gasteiger partial charge is 0.543 e. The second-order valence-electron chi connectivity index (χ2n) is 0.508. The Morgan fingerprint density at radius 2 is 1.33 bits per heavy atom. The Kier molecular flexibility index (Phi) is 4.59. The van der Waals surface area contributed by atoms with Crippen LogP contribution in [-0.2, 0) is 8.85 Å². The van der Waals surface area contributed by atoms with E-state index in [1.165, 1.54) is 12.5 Å². The van der Waals surface area contributed by atoms with Gasteiger partial charge in [-0.25, -0.2) is 0 Å². The molecule has 0 saturated heterocycles. The van der Waals surface area contributed by atoms with E-state index >= 15 is 0 Å². The lowest BCUT2D eigenvalue weighted by Gasteiger charge is -1.83. The minimum atomic E-state index is 1.32. The third kappa shape index (κ3) is 3.77. The first-order valence-corrected chi connectivity index (χ1v) is 2.03. The molecule has 0 aromatic heterocycles. The topological polar surface area (TPSA) is 18.5 Å². The van der Waals surface area contributed by atoms with Crippen LogP contribution in [0.5, 0.6) is 0 Å². The number of hydrogen-bond donors (Lipinski definition) is 0. The van der Waals surface area contributed by atoms with Crippen molar-refractivity contribution in [3.8, 4) is 0 Å². The first-order chi connectivity index (χ1) is 2.91. The highest BCUT2D eigenvalue weighted by Crippen LogP contribution is 1.67. The molecule has 0 fully saturated rings. The van der Waals surface area contributed by atoms with Crippen LogP contribution in [0.2, 0.25) is 0 Å². The first kappa shape index (κ1) is 5.77. The summed E-state index contributed by atoms with van der Waals surface area (Å²) in [5.41, 5.74) is 0. The summed E-state index contributed by atoms with van der Waals surface area (Å²) in [5, 5.41) is 0. The van der Waals surface area contributed by atoms with Crippen LogP contribution in [0.15, 0.2) is 12.5 Å². The smallest absolute Gasteiger partial charge is 0.340 e. The predicted molar refractivity (Wildman–Crippen MR) is 22.8 cm³/mol. The minimum Gasteiger partial charge on any atom is -0.543 e. The highest BCUT2D eigenvalue weighted by atomic mass is 28.2. The van der Waals surface area contributed by atoms with Gasteiger partial charge < -0.3 is 8.85 Å². The van der Waals surface area contributed by atoms with Gasteiger partial charge in [-0.2, -0.15) is 0 Å². The molecule has 0 rings (SSSR count). The Labute approximate surface area is 43.2 Å². The highest BCUT2D eigenvalue weighted by molar-refractivity contribution is 5.99. The Hall–Kier alpha value is -0.226. The van der Waals surface area contributed by atoms with E-state index < -0.39 is 0 Å². The molecular weight excluding hydrogens is 112 g/mol. The van der Waals surface area contributed by atoms with Crippen molar-refractivity contribution in [2.75, 3.05) is 0 Å². The summed E-state index contributed by atoms with van der Waals surface area (Å²) in [7, 11) is 5.41. The molecule has 0 aromatic carbocycles. The molecule has 0 aliphatic rings. The molecule has 0 amide bonds. The molecule has 30 valence electrons. The average Bonchev–Trinajstić information content (AvgIpc) is 1.61. The maximum atomic E-state index is 4.25. The van der Waals surface area contributed by atoms with Gasteiger partial charge in [0.25, 0.3) is 0 Å². The van der Waals surface area contributed by atoms with Gasteiger partial charge in [-0.1, -0.05) is 0 Å². The standard InChI is InChI=1S/C2H2O2Si2/c5-3-1-2-4-6/h1-2H/b2-1+. The number of rotatable bonds is 2. The van der Waals surface area contributed by atoms with Crippen LogP contribution in [0.1, 0.15) is 0 Å². The predicted octanol–water partition coefficient (Wildman–Crippen LogP) is -0.342. The van der Waals surface area contributed by atoms with Gasteiger partial charge in [0.2, 0.25) is 0 Å². The van der Waals surface area contributed by atoms with Crippen LogP contribution in [-0.4, -0.2) is 21.0 Å². The fourth-order valence-electron chi connectivity index (χ4n) is 0.0556. The lowest BCUT2D eigenvalue weighted by atomic mass is 11.1. The number of hydrogen-bond acceptors (Lipinski definition) is 2. The first-order valence-electron chi connectivity index (χ1n) is 1.21. The third-order valence-corrected chi connectivity index (χ3v) is 0.464. The third-order valence-electron chi connectivity index (χ3n) is 0.192. The molecule has 0 spiro atoms. The molecule has 4 heteroatoms. The van der Waals surface area contributed by atoms with Gasteiger partial charge in [0.1, 0.15) is 0 Å². The highest BCUT2D eigenvalue weighted by Gasteiger charge is 1.58. The molecule has 0 atom stereocenters. The Morgan fingerprint density at radius 3 is 1.50 bits per heavy atom. The van der Waals surface area contributed by atoms with Crippen molar-refractivity contribution in [1.82, 2.24) is 0 Å². The normalized spacial score (nSPS) is 9.00. The van der Waals surface area contributed by atoms with Crippen LogP contribution < -0.4 is 0 Å². The Morgan fingerprint density at radius 1 is 1.00 bits per heavy atom. The minimum absolute atomic E-state index is 1.32. The van der Waals surface area contributed by atoms with Crippen molar-refractivity contribution in [3.05, 3.63) is 12.5 Å². The van der Waals surface area contributed by atoms with Gasteiger partial charge >= 0.3 is 21.0 Å². The molecule has 0 unspecified atom stereocenters. The summed E-state index contributed by atoms with van der Waals surface area (Å²) < 4.78 is 8.50. The Balaban J connectivity index is 2.73. The van der Waals surface area contributed by atoms with Crippen molar-refractivity contribution in [2.45, 2.75) is 0 Å². The van der Waals surface area contributed by atoms with Crippen LogP contribution >= 0.6 is 0 Å². The van der Waals surface area contributed by atoms with Crippen molar-refractivity contribution in [2.24, 2.45) is 0 Å². The summed E-state index contributed by atoms with van der Waals surface area (Å²) in [6, 6.07) is 0. The lowest BCUT2D eigenvalue weighted by molar-refractivity contribution is 0.468. The van der Waals surface area contributed by atoms with E-state index in [-0.39, 0.29) is 0 Å². The zero-order valence-corrected chi connectivity index (χ0v) is 4.97. The molecule has 6 radical (unpaired) electrons. The molecule has 0 N–H and O–H groups in total. The van der Waals surface area contributed by atoms with E-state index in [0.29, 0.717) is 0 Å². The molecule has 0 aliphatic carbocycles. The van der Waals surface area contributed by atoms with Gasteiger partial charge in [0, 0.05) is 0 Å². The maximum absolute atomic E-state index is 4.25. The fourth-order valence-corrected chi connectivity index (χ4v) is 0.167. The lowest BCUT2D eigenvalue weighted by Crippen LogP contribution is -1.70. The molecule has 0 heterocycles. The molecule has 2 nitrogen and oxygen atoms in total. The van der Waals surface area contributed by atoms with E-state index in [0.717, 1.165) is 0 Å². The zero-order chi connectivity index (χ0) is 4.83. The van der Waals surface area contributed by atoms with Gasteiger partial charge in [0.05, 0.1) is 12.5 Å². The van der Waals surface area contributed by atoms with Gasteiger partial charge in [-0.3, -0.25) is 0 Å². The fraction of sp³-hybridized carbons (Fsp3) is 0. The second kappa shape index (κ2) is 4.77. The van der Waals surface area contributed by atoms with E-state index in [4.69, 9.17) is 0 Å². The average molecular weight is 114 g/mol. The maximum Gasteiger partial charge on any atom is 0.340 e. The van der Waals surface area contributed by atoms with Gasteiger partial charge in [-0.15, -0.1) is 0 Å². The van der Waals surface area contributed by atoms with Crippen LogP contribution in [0.4, 0.5) is 0 Å². The van der Waals surface area contributed by atoms with E-state index in [1.54, 1.807) is 0 Å². The summed E-state index contributed by atoms with van der Waals surface area (Å²) >= 11 is 0. The molecular formula is C2H2O2Si2. The van der Waals surface area contributed by atoms with E-state index in [1.807, 2.05) is 0 Å². The SMILES string of the molecule is [Si]O/C=C/O[Si]. The van der Waals surface area contributed by atoms with Crippen LogP contribution in [0.3, 0.4) is 0 Å². The van der Waals surface area contributed by atoms with Crippen molar-refractivity contribution < 1.29 is 8.85 Å². The van der Waals surface area contributed by atoms with E-state index in [9.17, 15) is 0 Å². The zero-order valence-electron chi connectivity index (χ0n) is 2.97. The molecule has 0 saturated carbocycles. The van der Waals surface area contributed by atoms with Crippen molar-refractivity contribution in [1.29, 1.82) is 0 Å². The summed E-state index contributed by atoms with van der Waals surface area (Å²) in [6.45, 7) is 0. The molecule has 0 aromatic rings. The summed E-state index contributed by atoms with van der Waals surface area (Å²) in [6.07, 6.45) is 2.65. The van der Waals surface area contributed by atoms with Gasteiger partial charge in [0.15, 0.2) is 0 Å². The van der Waals surface area contributed by atoms with Crippen LogP contribution in [0.25, 0.3) is 0 Å². The second-order valence-corrected chi connectivity index (χ2v) is 0.979. The monoisotopic (exact) mass is 114 g/mol. The van der Waals surface area contributed by atoms with E-state index in [2.05, 4.69) is 29.8 Å². The molecule has 0 bridgehead atoms. The van der Waals surface area contributed by atoms with Crippen molar-refractivity contribution in [3.63, 3.8) is 0 Å². The van der Waals surface area contributed by atoms with Gasteiger partial charge in [-0.05, 0) is 0 Å². The quantitative estimate of drug-likeness (QED) is 0.361. The molecule has 6 heavy (non-hydrogen) atoms. The summed E-state index contributed by atoms with van der Waals surface area (Å²) in [4.78, 5) is 0. The van der Waals surface area contributed by atoms with Crippen molar-refractivity contribution >= 4 is 21.0 Å².